The second-order valence-electron chi connectivity index (χ2n) is 4.36. The largest absolute Gasteiger partial charge is 0.475 e. The molecule has 1 fully saturated rings. The van der Waals surface area contributed by atoms with Gasteiger partial charge in [0, 0.05) is 12.3 Å². The van der Waals surface area contributed by atoms with Crippen molar-refractivity contribution in [3.8, 4) is 11.9 Å². The predicted molar refractivity (Wildman–Crippen MR) is 62.6 cm³/mol. The lowest BCUT2D eigenvalue weighted by molar-refractivity contribution is -0.141. The van der Waals surface area contributed by atoms with Crippen molar-refractivity contribution < 1.29 is 23.7 Å². The summed E-state index contributed by atoms with van der Waals surface area (Å²) in [5.74, 6) is -0.334. The number of rotatable bonds is 4. The van der Waals surface area contributed by atoms with Gasteiger partial charge in [-0.05, 0) is 13.8 Å². The third kappa shape index (κ3) is 4.04. The molecule has 19 heavy (non-hydrogen) atoms. The minimum Gasteiger partial charge on any atom is -0.475 e. The van der Waals surface area contributed by atoms with Gasteiger partial charge in [-0.2, -0.15) is 4.98 Å². The van der Waals surface area contributed by atoms with E-state index in [9.17, 15) is 4.79 Å². The van der Waals surface area contributed by atoms with Crippen molar-refractivity contribution in [1.29, 1.82) is 0 Å². The number of amides is 1. The molecule has 1 aromatic heterocycles. The molecule has 104 valence electrons. The zero-order valence-electron chi connectivity index (χ0n) is 10.7. The van der Waals surface area contributed by atoms with Crippen LogP contribution in [-0.2, 0) is 9.47 Å². The molecule has 0 bridgehead atoms. The molecule has 2 heterocycles. The summed E-state index contributed by atoms with van der Waals surface area (Å²) in [4.78, 5) is 18.1. The van der Waals surface area contributed by atoms with Gasteiger partial charge in [0.2, 0.25) is 5.88 Å². The Hall–Kier alpha value is -1.93. The minimum absolute atomic E-state index is 0.158. The minimum atomic E-state index is -0.980. The molecule has 0 saturated carbocycles. The van der Waals surface area contributed by atoms with Crippen molar-refractivity contribution >= 4 is 6.09 Å². The fourth-order valence-electron chi connectivity index (χ4n) is 1.57. The van der Waals surface area contributed by atoms with Crippen LogP contribution in [0.2, 0.25) is 0 Å². The Kier molecular flexibility index (Phi) is 3.82. The fourth-order valence-corrected chi connectivity index (χ4v) is 1.57. The SMILES string of the molecule is CC1(C)OCC(COc2ccnc(OC(N)=O)n2)O1. The smallest absolute Gasteiger partial charge is 0.412 e. The molecule has 1 aliphatic rings. The first-order valence-corrected chi connectivity index (χ1v) is 5.69. The van der Waals surface area contributed by atoms with Gasteiger partial charge in [0.25, 0.3) is 0 Å². The van der Waals surface area contributed by atoms with Crippen LogP contribution in [0.4, 0.5) is 4.79 Å². The molecule has 0 radical (unpaired) electrons. The molecule has 8 nitrogen and oxygen atoms in total. The van der Waals surface area contributed by atoms with Crippen LogP contribution >= 0.6 is 0 Å². The number of ether oxygens (including phenoxy) is 4. The van der Waals surface area contributed by atoms with E-state index in [0.29, 0.717) is 6.61 Å². The van der Waals surface area contributed by atoms with Crippen LogP contribution in [0.15, 0.2) is 12.3 Å². The van der Waals surface area contributed by atoms with Crippen LogP contribution < -0.4 is 15.2 Å². The van der Waals surface area contributed by atoms with Gasteiger partial charge in [-0.15, -0.1) is 0 Å². The second kappa shape index (κ2) is 5.37. The number of hydrogen-bond donors (Lipinski definition) is 1. The quantitative estimate of drug-likeness (QED) is 0.846. The van der Waals surface area contributed by atoms with Crippen LogP contribution in [0.25, 0.3) is 0 Å². The summed E-state index contributed by atoms with van der Waals surface area (Å²) in [5, 5.41) is 0. The average Bonchev–Trinajstić information content (AvgIpc) is 2.66. The lowest BCUT2D eigenvalue weighted by atomic mass is 10.4. The Morgan fingerprint density at radius 3 is 3.05 bits per heavy atom. The van der Waals surface area contributed by atoms with E-state index in [0.717, 1.165) is 0 Å². The maximum atomic E-state index is 10.6. The summed E-state index contributed by atoms with van der Waals surface area (Å²) in [6.45, 7) is 4.38. The highest BCUT2D eigenvalue weighted by Crippen LogP contribution is 2.22. The van der Waals surface area contributed by atoms with Gasteiger partial charge in [-0.3, -0.25) is 0 Å². The Balaban J connectivity index is 1.88. The Labute approximate surface area is 109 Å². The topological polar surface area (TPSA) is 106 Å². The van der Waals surface area contributed by atoms with E-state index >= 15 is 0 Å². The highest BCUT2D eigenvalue weighted by atomic mass is 16.7. The molecule has 0 aliphatic carbocycles. The first-order valence-electron chi connectivity index (χ1n) is 5.69. The molecule has 2 N–H and O–H groups in total. The maximum Gasteiger partial charge on any atom is 0.412 e. The molecule has 1 aromatic rings. The number of carbonyl (C=O) groups is 1. The van der Waals surface area contributed by atoms with Crippen molar-refractivity contribution in [2.75, 3.05) is 13.2 Å². The third-order valence-electron chi connectivity index (χ3n) is 2.28. The maximum absolute atomic E-state index is 10.6. The fraction of sp³-hybridized carbons (Fsp3) is 0.545. The standard InChI is InChI=1S/C11H15N3O5/c1-11(2)17-6-7(19-11)5-16-8-3-4-13-10(14-8)18-9(12)15/h3-4,7H,5-6H2,1-2H3,(H2,12,15). The van der Waals surface area contributed by atoms with Crippen molar-refractivity contribution in [2.45, 2.75) is 25.7 Å². The lowest BCUT2D eigenvalue weighted by Gasteiger charge is -2.17. The number of nitrogens with two attached hydrogens (primary N) is 1. The summed E-state index contributed by atoms with van der Waals surface area (Å²) in [6, 6.07) is 1.38. The van der Waals surface area contributed by atoms with Gasteiger partial charge in [0.1, 0.15) is 12.7 Å². The number of carbonyl (C=O) groups excluding carboxylic acids is 1. The van der Waals surface area contributed by atoms with Crippen molar-refractivity contribution in [2.24, 2.45) is 5.73 Å². The molecule has 1 atom stereocenters. The van der Waals surface area contributed by atoms with E-state index < -0.39 is 11.9 Å². The number of hydrogen-bond acceptors (Lipinski definition) is 7. The summed E-state index contributed by atoms with van der Waals surface area (Å²) in [5.41, 5.74) is 4.86. The van der Waals surface area contributed by atoms with Crippen molar-refractivity contribution in [3.05, 3.63) is 12.3 Å². The summed E-state index contributed by atoms with van der Waals surface area (Å²) >= 11 is 0. The van der Waals surface area contributed by atoms with Crippen LogP contribution in [0.3, 0.4) is 0 Å². The van der Waals surface area contributed by atoms with Gasteiger partial charge in [0.05, 0.1) is 6.61 Å². The molecule has 8 heteroatoms. The molecule has 1 unspecified atom stereocenters. The normalized spacial score (nSPS) is 21.1. The number of nitrogens with zero attached hydrogens (tertiary/aromatic N) is 2. The van der Waals surface area contributed by atoms with Crippen LogP contribution in [-0.4, -0.2) is 41.2 Å². The van der Waals surface area contributed by atoms with Crippen LogP contribution in [0.1, 0.15) is 13.8 Å². The van der Waals surface area contributed by atoms with Gasteiger partial charge in [0.15, 0.2) is 5.79 Å². The van der Waals surface area contributed by atoms with E-state index in [1.807, 2.05) is 13.8 Å². The molecule has 2 rings (SSSR count). The van der Waals surface area contributed by atoms with E-state index in [1.54, 1.807) is 0 Å². The third-order valence-corrected chi connectivity index (χ3v) is 2.28. The van der Waals surface area contributed by atoms with Crippen molar-refractivity contribution in [3.63, 3.8) is 0 Å². The molecular weight excluding hydrogens is 254 g/mol. The first kappa shape index (κ1) is 13.5. The van der Waals surface area contributed by atoms with E-state index in [4.69, 9.17) is 19.9 Å². The summed E-state index contributed by atoms with van der Waals surface area (Å²) in [7, 11) is 0. The van der Waals surface area contributed by atoms with E-state index in [-0.39, 0.29) is 24.6 Å². The summed E-state index contributed by atoms with van der Waals surface area (Å²) < 4.78 is 20.9. The van der Waals surface area contributed by atoms with Crippen LogP contribution in [0, 0.1) is 0 Å². The van der Waals surface area contributed by atoms with Gasteiger partial charge >= 0.3 is 12.1 Å². The summed E-state index contributed by atoms with van der Waals surface area (Å²) in [6.07, 6.45) is 0.244. The number of aromatic nitrogens is 2. The molecular formula is C11H15N3O5. The first-order chi connectivity index (χ1) is 8.94. The zero-order valence-corrected chi connectivity index (χ0v) is 10.7. The molecule has 1 saturated heterocycles. The number of primary amides is 1. The molecule has 1 amide bonds. The lowest BCUT2D eigenvalue weighted by Crippen LogP contribution is -2.25. The molecule has 0 aromatic carbocycles. The molecule has 1 aliphatic heterocycles. The average molecular weight is 269 g/mol. The van der Waals surface area contributed by atoms with Gasteiger partial charge in [-0.25, -0.2) is 9.78 Å². The monoisotopic (exact) mass is 269 g/mol. The van der Waals surface area contributed by atoms with Crippen LogP contribution in [0.5, 0.6) is 11.9 Å². The van der Waals surface area contributed by atoms with Crippen molar-refractivity contribution in [1.82, 2.24) is 9.97 Å². The Morgan fingerprint density at radius 2 is 2.42 bits per heavy atom. The zero-order chi connectivity index (χ0) is 13.9. The van der Waals surface area contributed by atoms with Gasteiger partial charge in [-0.1, -0.05) is 0 Å². The highest BCUT2D eigenvalue weighted by molar-refractivity contribution is 5.66. The van der Waals surface area contributed by atoms with E-state index in [2.05, 4.69) is 14.7 Å². The van der Waals surface area contributed by atoms with E-state index in [1.165, 1.54) is 12.3 Å². The highest BCUT2D eigenvalue weighted by Gasteiger charge is 2.33. The Morgan fingerprint density at radius 1 is 1.63 bits per heavy atom. The van der Waals surface area contributed by atoms with Gasteiger partial charge < -0.3 is 24.7 Å². The Bertz CT molecular complexity index is 465. The predicted octanol–water partition coefficient (Wildman–Crippen LogP) is 0.464. The molecule has 0 spiro atoms. The second-order valence-corrected chi connectivity index (χ2v) is 4.36.